The van der Waals surface area contributed by atoms with E-state index in [9.17, 15) is 4.79 Å². The molecule has 84 valence electrons. The minimum absolute atomic E-state index is 0.127. The zero-order valence-electron chi connectivity index (χ0n) is 9.50. The number of aromatic nitrogens is 2. The maximum atomic E-state index is 12.2. The summed E-state index contributed by atoms with van der Waals surface area (Å²) < 4.78 is 1.82. The molecule has 3 nitrogen and oxygen atoms in total. The van der Waals surface area contributed by atoms with Gasteiger partial charge in [-0.1, -0.05) is 31.2 Å². The second-order valence-electron chi connectivity index (χ2n) is 4.23. The molecule has 1 aliphatic rings. The summed E-state index contributed by atoms with van der Waals surface area (Å²) in [6, 6.07) is 7.79. The van der Waals surface area contributed by atoms with Crippen molar-refractivity contribution in [2.75, 3.05) is 0 Å². The van der Waals surface area contributed by atoms with Gasteiger partial charge in [-0.25, -0.2) is 4.98 Å². The molecule has 17 heavy (non-hydrogen) atoms. The predicted molar refractivity (Wildman–Crippen MR) is 65.7 cm³/mol. The quantitative estimate of drug-likeness (QED) is 0.698. The number of carbonyl (C=O) groups excluding carboxylic acids is 1. The number of hydrogen-bond acceptors (Lipinski definition) is 2. The SMILES string of the molecule is CC1C(=Cn2ccnc2)C(=O)c2ccccc21. The molecule has 3 heteroatoms. The van der Waals surface area contributed by atoms with Crippen LogP contribution in [-0.2, 0) is 0 Å². The van der Waals surface area contributed by atoms with Crippen molar-refractivity contribution in [1.82, 2.24) is 9.55 Å². The van der Waals surface area contributed by atoms with Crippen LogP contribution >= 0.6 is 0 Å². The number of hydrogen-bond donors (Lipinski definition) is 0. The summed E-state index contributed by atoms with van der Waals surface area (Å²) in [6.45, 7) is 2.06. The van der Waals surface area contributed by atoms with Gasteiger partial charge >= 0.3 is 0 Å². The molecule has 1 atom stereocenters. The van der Waals surface area contributed by atoms with Crippen molar-refractivity contribution in [2.45, 2.75) is 12.8 Å². The number of fused-ring (bicyclic) bond motifs is 1. The van der Waals surface area contributed by atoms with Gasteiger partial charge in [-0.15, -0.1) is 0 Å². The fourth-order valence-electron chi connectivity index (χ4n) is 2.28. The highest BCUT2D eigenvalue weighted by atomic mass is 16.1. The lowest BCUT2D eigenvalue weighted by Crippen LogP contribution is -1.99. The Balaban J connectivity index is 2.09. The van der Waals surface area contributed by atoms with Crippen molar-refractivity contribution in [3.63, 3.8) is 0 Å². The molecule has 1 aromatic heterocycles. The van der Waals surface area contributed by atoms with Crippen LogP contribution in [0.4, 0.5) is 0 Å². The van der Waals surface area contributed by atoms with E-state index in [0.29, 0.717) is 0 Å². The van der Waals surface area contributed by atoms with Crippen LogP contribution in [0.25, 0.3) is 6.20 Å². The summed E-state index contributed by atoms with van der Waals surface area (Å²) in [5, 5.41) is 0. The second kappa shape index (κ2) is 3.70. The molecule has 1 unspecified atom stereocenters. The van der Waals surface area contributed by atoms with E-state index in [-0.39, 0.29) is 11.7 Å². The summed E-state index contributed by atoms with van der Waals surface area (Å²) in [7, 11) is 0. The minimum atomic E-state index is 0.127. The normalized spacial score (nSPS) is 20.9. The van der Waals surface area contributed by atoms with Gasteiger partial charge in [0, 0.05) is 35.6 Å². The molecule has 0 bridgehead atoms. The average molecular weight is 224 g/mol. The van der Waals surface area contributed by atoms with Crippen molar-refractivity contribution in [1.29, 1.82) is 0 Å². The first-order chi connectivity index (χ1) is 8.27. The van der Waals surface area contributed by atoms with Gasteiger partial charge in [-0.2, -0.15) is 0 Å². The van der Waals surface area contributed by atoms with Gasteiger partial charge < -0.3 is 4.57 Å². The van der Waals surface area contributed by atoms with Gasteiger partial charge in [0.15, 0.2) is 5.78 Å². The third-order valence-corrected chi connectivity index (χ3v) is 3.21. The number of ketones is 1. The third kappa shape index (κ3) is 1.51. The van der Waals surface area contributed by atoms with Crippen LogP contribution in [0.3, 0.4) is 0 Å². The zero-order valence-corrected chi connectivity index (χ0v) is 9.50. The Kier molecular flexibility index (Phi) is 2.18. The maximum Gasteiger partial charge on any atom is 0.191 e. The molecule has 3 rings (SSSR count). The molecule has 1 heterocycles. The predicted octanol–water partition coefficient (Wildman–Crippen LogP) is 2.72. The van der Waals surface area contributed by atoms with Crippen LogP contribution in [0.5, 0.6) is 0 Å². The smallest absolute Gasteiger partial charge is 0.191 e. The van der Waals surface area contributed by atoms with Crippen LogP contribution in [0.1, 0.15) is 28.8 Å². The van der Waals surface area contributed by atoms with Crippen molar-refractivity contribution >= 4 is 12.0 Å². The lowest BCUT2D eigenvalue weighted by atomic mass is 10.0. The van der Waals surface area contributed by atoms with Crippen LogP contribution in [0, 0.1) is 0 Å². The molecule has 0 fully saturated rings. The average Bonchev–Trinajstić information content (AvgIpc) is 2.94. The molecular weight excluding hydrogens is 212 g/mol. The molecule has 0 radical (unpaired) electrons. The number of Topliss-reactive ketones (excluding diaryl/α,β-unsaturated/α-hetero) is 1. The fraction of sp³-hybridized carbons (Fsp3) is 0.143. The van der Waals surface area contributed by atoms with Gasteiger partial charge in [-0.3, -0.25) is 4.79 Å². The number of allylic oxidation sites excluding steroid dienone is 1. The largest absolute Gasteiger partial charge is 0.313 e. The van der Waals surface area contributed by atoms with Crippen molar-refractivity contribution < 1.29 is 4.79 Å². The van der Waals surface area contributed by atoms with Crippen molar-refractivity contribution in [3.05, 3.63) is 59.7 Å². The number of imidazole rings is 1. The fourth-order valence-corrected chi connectivity index (χ4v) is 2.28. The highest BCUT2D eigenvalue weighted by Gasteiger charge is 2.30. The van der Waals surface area contributed by atoms with E-state index in [1.54, 1.807) is 12.5 Å². The standard InChI is InChI=1S/C14H12N2O/c1-10-11-4-2-3-5-12(11)14(17)13(10)8-16-7-6-15-9-16/h2-10H,1H3. The Bertz CT molecular complexity index is 596. The third-order valence-electron chi connectivity index (χ3n) is 3.21. The Labute approximate surface area is 99.4 Å². The van der Waals surface area contributed by atoms with Gasteiger partial charge in [0.25, 0.3) is 0 Å². The Morgan fingerprint density at radius 1 is 1.35 bits per heavy atom. The summed E-state index contributed by atoms with van der Waals surface area (Å²) in [6.07, 6.45) is 7.08. The first-order valence-electron chi connectivity index (χ1n) is 5.60. The molecule has 0 spiro atoms. The zero-order chi connectivity index (χ0) is 11.8. The van der Waals surface area contributed by atoms with Crippen LogP contribution in [0.15, 0.2) is 48.6 Å². The van der Waals surface area contributed by atoms with Crippen molar-refractivity contribution in [3.8, 4) is 0 Å². The molecule has 1 aliphatic carbocycles. The molecular formula is C14H12N2O. The van der Waals surface area contributed by atoms with E-state index < -0.39 is 0 Å². The maximum absolute atomic E-state index is 12.2. The number of rotatable bonds is 1. The first-order valence-corrected chi connectivity index (χ1v) is 5.60. The molecule has 0 saturated carbocycles. The highest BCUT2D eigenvalue weighted by molar-refractivity contribution is 6.15. The molecule has 0 N–H and O–H groups in total. The molecule has 1 aromatic carbocycles. The number of nitrogens with zero attached hydrogens (tertiary/aromatic N) is 2. The Hall–Kier alpha value is -2.16. The Morgan fingerprint density at radius 3 is 2.88 bits per heavy atom. The van der Waals surface area contributed by atoms with E-state index in [1.807, 2.05) is 41.2 Å². The van der Waals surface area contributed by atoms with Crippen molar-refractivity contribution in [2.24, 2.45) is 0 Å². The minimum Gasteiger partial charge on any atom is -0.313 e. The Morgan fingerprint density at radius 2 is 2.18 bits per heavy atom. The first kappa shape index (κ1) is 10.0. The summed E-state index contributed by atoms with van der Waals surface area (Å²) in [5.41, 5.74) is 2.76. The monoisotopic (exact) mass is 224 g/mol. The van der Waals surface area contributed by atoms with Crippen LogP contribution < -0.4 is 0 Å². The highest BCUT2D eigenvalue weighted by Crippen LogP contribution is 2.37. The number of benzene rings is 1. The lowest BCUT2D eigenvalue weighted by molar-refractivity contribution is 0.103. The number of carbonyl (C=O) groups is 1. The van der Waals surface area contributed by atoms with Gasteiger partial charge in [0.05, 0.1) is 6.33 Å². The summed E-state index contributed by atoms with van der Waals surface area (Å²) >= 11 is 0. The lowest BCUT2D eigenvalue weighted by Gasteiger charge is -2.04. The molecule has 0 aliphatic heterocycles. The van der Waals surface area contributed by atoms with Gasteiger partial charge in [0.2, 0.25) is 0 Å². The summed E-state index contributed by atoms with van der Waals surface area (Å²) in [4.78, 5) is 16.2. The molecule has 0 amide bonds. The summed E-state index contributed by atoms with van der Waals surface area (Å²) in [5.74, 6) is 0.280. The van der Waals surface area contributed by atoms with E-state index >= 15 is 0 Å². The van der Waals surface area contributed by atoms with E-state index in [2.05, 4.69) is 11.9 Å². The van der Waals surface area contributed by atoms with Crippen LogP contribution in [0.2, 0.25) is 0 Å². The topological polar surface area (TPSA) is 34.9 Å². The van der Waals surface area contributed by atoms with E-state index in [0.717, 1.165) is 16.7 Å². The second-order valence-corrected chi connectivity index (χ2v) is 4.23. The van der Waals surface area contributed by atoms with Gasteiger partial charge in [0.1, 0.15) is 0 Å². The van der Waals surface area contributed by atoms with Crippen LogP contribution in [-0.4, -0.2) is 15.3 Å². The molecule has 0 saturated heterocycles. The van der Waals surface area contributed by atoms with Gasteiger partial charge in [-0.05, 0) is 5.56 Å². The molecule has 2 aromatic rings. The van der Waals surface area contributed by atoms with E-state index in [4.69, 9.17) is 0 Å². The van der Waals surface area contributed by atoms with E-state index in [1.165, 1.54) is 0 Å².